The highest BCUT2D eigenvalue weighted by Crippen LogP contribution is 2.17. The van der Waals surface area contributed by atoms with Crippen LogP contribution in [0.2, 0.25) is 0 Å². The zero-order valence-corrected chi connectivity index (χ0v) is 7.90. The fourth-order valence-electron chi connectivity index (χ4n) is 1.55. The van der Waals surface area contributed by atoms with Crippen molar-refractivity contribution >= 4 is 16.7 Å². The van der Waals surface area contributed by atoms with Gasteiger partial charge in [0.15, 0.2) is 0 Å². The van der Waals surface area contributed by atoms with Crippen molar-refractivity contribution in [2.24, 2.45) is 0 Å². The van der Waals surface area contributed by atoms with E-state index in [1.54, 1.807) is 24.3 Å². The number of carboxylic acids is 1. The number of carbonyl (C=O) groups is 1. The fraction of sp³-hybridized carbons (Fsp3) is 0.0833. The van der Waals surface area contributed by atoms with Crippen molar-refractivity contribution in [2.45, 2.75) is 6.42 Å². The van der Waals surface area contributed by atoms with Crippen LogP contribution < -0.4 is 0 Å². The lowest BCUT2D eigenvalue weighted by atomic mass is 10.1. The van der Waals surface area contributed by atoms with E-state index in [2.05, 4.69) is 0 Å². The maximum Gasteiger partial charge on any atom is 0.307 e. The number of benzene rings is 2. The van der Waals surface area contributed by atoms with Crippen LogP contribution in [0.25, 0.3) is 10.8 Å². The highest BCUT2D eigenvalue weighted by Gasteiger charge is 2.02. The first-order chi connectivity index (χ1) is 7.15. The molecule has 0 heterocycles. The molecule has 2 nitrogen and oxygen atoms in total. The number of carboxylic acid groups (broad SMARTS) is 1. The summed E-state index contributed by atoms with van der Waals surface area (Å²) < 4.78 is 12.9. The minimum absolute atomic E-state index is 0.0353. The maximum absolute atomic E-state index is 12.9. The maximum atomic E-state index is 12.9. The van der Waals surface area contributed by atoms with E-state index in [1.807, 2.05) is 0 Å². The Bertz CT molecular complexity index is 520. The van der Waals surface area contributed by atoms with Crippen LogP contribution in [0.5, 0.6) is 0 Å². The number of fused-ring (bicyclic) bond motifs is 1. The van der Waals surface area contributed by atoms with E-state index in [0.29, 0.717) is 5.56 Å². The molecule has 0 unspecified atom stereocenters. The first-order valence-electron chi connectivity index (χ1n) is 4.55. The molecule has 0 saturated carbocycles. The molecule has 1 N–H and O–H groups in total. The van der Waals surface area contributed by atoms with E-state index in [9.17, 15) is 9.18 Å². The van der Waals surface area contributed by atoms with Gasteiger partial charge in [0.1, 0.15) is 5.82 Å². The summed E-state index contributed by atoms with van der Waals surface area (Å²) in [6.07, 6.45) is -0.0353. The Kier molecular flexibility index (Phi) is 2.37. The lowest BCUT2D eigenvalue weighted by molar-refractivity contribution is -0.136. The van der Waals surface area contributed by atoms with Crippen LogP contribution in [0.4, 0.5) is 4.39 Å². The van der Waals surface area contributed by atoms with Crippen molar-refractivity contribution < 1.29 is 14.3 Å². The van der Waals surface area contributed by atoms with Gasteiger partial charge in [-0.3, -0.25) is 4.79 Å². The van der Waals surface area contributed by atoms with Gasteiger partial charge in [-0.2, -0.15) is 0 Å². The van der Waals surface area contributed by atoms with Crippen LogP contribution in [0.1, 0.15) is 5.56 Å². The van der Waals surface area contributed by atoms with Crippen LogP contribution in [-0.2, 0) is 11.2 Å². The van der Waals surface area contributed by atoms with Gasteiger partial charge in [-0.15, -0.1) is 0 Å². The summed E-state index contributed by atoms with van der Waals surface area (Å²) in [4.78, 5) is 10.5. The van der Waals surface area contributed by atoms with E-state index in [1.165, 1.54) is 12.1 Å². The van der Waals surface area contributed by atoms with Gasteiger partial charge in [0.2, 0.25) is 0 Å². The molecule has 0 aliphatic carbocycles. The van der Waals surface area contributed by atoms with Crippen LogP contribution in [0.15, 0.2) is 36.4 Å². The molecule has 0 aliphatic rings. The molecule has 0 saturated heterocycles. The van der Waals surface area contributed by atoms with Crippen LogP contribution >= 0.6 is 0 Å². The van der Waals surface area contributed by atoms with Crippen LogP contribution in [0.3, 0.4) is 0 Å². The molecule has 0 amide bonds. The molecule has 2 aromatic rings. The Labute approximate surface area is 86.0 Å². The molecule has 0 aromatic heterocycles. The number of rotatable bonds is 2. The normalized spacial score (nSPS) is 10.5. The van der Waals surface area contributed by atoms with Crippen molar-refractivity contribution in [1.29, 1.82) is 0 Å². The quantitative estimate of drug-likeness (QED) is 0.816. The predicted molar refractivity (Wildman–Crippen MR) is 55.2 cm³/mol. The van der Waals surface area contributed by atoms with E-state index in [-0.39, 0.29) is 12.2 Å². The second-order valence-electron chi connectivity index (χ2n) is 3.40. The van der Waals surface area contributed by atoms with E-state index in [4.69, 9.17) is 5.11 Å². The zero-order valence-electron chi connectivity index (χ0n) is 7.90. The summed E-state index contributed by atoms with van der Waals surface area (Å²) in [7, 11) is 0. The van der Waals surface area contributed by atoms with Gasteiger partial charge in [-0.1, -0.05) is 24.3 Å². The molecule has 2 aromatic carbocycles. The third-order valence-electron chi connectivity index (χ3n) is 2.22. The molecule has 15 heavy (non-hydrogen) atoms. The predicted octanol–water partition coefficient (Wildman–Crippen LogP) is 2.61. The van der Waals surface area contributed by atoms with Gasteiger partial charge in [0.05, 0.1) is 6.42 Å². The SMILES string of the molecule is O=C(O)Cc1ccc2ccc(F)cc2c1. The van der Waals surface area contributed by atoms with Gasteiger partial charge in [0.25, 0.3) is 0 Å². The Morgan fingerprint density at radius 1 is 1.13 bits per heavy atom. The van der Waals surface area contributed by atoms with E-state index >= 15 is 0 Å². The molecule has 0 spiro atoms. The lowest BCUT2D eigenvalue weighted by Gasteiger charge is -2.01. The minimum Gasteiger partial charge on any atom is -0.481 e. The Balaban J connectivity index is 2.49. The largest absolute Gasteiger partial charge is 0.481 e. The Morgan fingerprint density at radius 3 is 2.60 bits per heavy atom. The Morgan fingerprint density at radius 2 is 1.87 bits per heavy atom. The van der Waals surface area contributed by atoms with E-state index in [0.717, 1.165) is 10.8 Å². The standard InChI is InChI=1S/C12H9FO2/c13-11-4-3-9-2-1-8(6-12(14)15)5-10(9)7-11/h1-5,7H,6H2,(H,14,15). The molecule has 0 aliphatic heterocycles. The third-order valence-corrected chi connectivity index (χ3v) is 2.22. The summed E-state index contributed by atoms with van der Waals surface area (Å²) in [5, 5.41) is 10.3. The molecule has 0 bridgehead atoms. The van der Waals surface area contributed by atoms with Crippen molar-refractivity contribution in [3.63, 3.8) is 0 Å². The van der Waals surface area contributed by atoms with Crippen LogP contribution in [-0.4, -0.2) is 11.1 Å². The lowest BCUT2D eigenvalue weighted by Crippen LogP contribution is -1.99. The molecule has 76 valence electrons. The monoisotopic (exact) mass is 204 g/mol. The average Bonchev–Trinajstić information content (AvgIpc) is 2.16. The third kappa shape index (κ3) is 2.13. The summed E-state index contributed by atoms with van der Waals surface area (Å²) in [6.45, 7) is 0. The van der Waals surface area contributed by atoms with Gasteiger partial charge in [-0.25, -0.2) is 4.39 Å². The Hall–Kier alpha value is -1.90. The van der Waals surface area contributed by atoms with Crippen molar-refractivity contribution in [3.8, 4) is 0 Å². The van der Waals surface area contributed by atoms with Gasteiger partial charge < -0.3 is 5.11 Å². The summed E-state index contributed by atoms with van der Waals surface area (Å²) in [5.41, 5.74) is 0.681. The average molecular weight is 204 g/mol. The first-order valence-corrected chi connectivity index (χ1v) is 4.55. The van der Waals surface area contributed by atoms with Gasteiger partial charge in [0, 0.05) is 0 Å². The molecule has 0 radical (unpaired) electrons. The zero-order chi connectivity index (χ0) is 10.8. The van der Waals surface area contributed by atoms with Crippen molar-refractivity contribution in [1.82, 2.24) is 0 Å². The topological polar surface area (TPSA) is 37.3 Å². The minimum atomic E-state index is -0.884. The van der Waals surface area contributed by atoms with Gasteiger partial charge >= 0.3 is 5.97 Å². The number of aliphatic carboxylic acids is 1. The summed E-state index contributed by atoms with van der Waals surface area (Å²) in [5.74, 6) is -1.19. The van der Waals surface area contributed by atoms with Gasteiger partial charge in [-0.05, 0) is 28.5 Å². The van der Waals surface area contributed by atoms with Crippen molar-refractivity contribution in [3.05, 3.63) is 47.8 Å². The molecule has 0 atom stereocenters. The van der Waals surface area contributed by atoms with E-state index < -0.39 is 5.97 Å². The second-order valence-corrected chi connectivity index (χ2v) is 3.40. The molecular formula is C12H9FO2. The number of halogens is 1. The van der Waals surface area contributed by atoms with Crippen LogP contribution in [0, 0.1) is 5.82 Å². The fourth-order valence-corrected chi connectivity index (χ4v) is 1.55. The smallest absolute Gasteiger partial charge is 0.307 e. The molecule has 2 rings (SSSR count). The summed E-state index contributed by atoms with van der Waals surface area (Å²) >= 11 is 0. The first kappa shape index (κ1) is 9.65. The highest BCUT2D eigenvalue weighted by molar-refractivity contribution is 5.84. The van der Waals surface area contributed by atoms with Crippen molar-refractivity contribution in [2.75, 3.05) is 0 Å². The summed E-state index contributed by atoms with van der Waals surface area (Å²) in [6, 6.07) is 9.71. The highest BCUT2D eigenvalue weighted by atomic mass is 19.1. The number of hydrogen-bond acceptors (Lipinski definition) is 1. The second kappa shape index (κ2) is 3.69. The molecule has 3 heteroatoms. The molecule has 0 fully saturated rings. The molecular weight excluding hydrogens is 195 g/mol. The number of hydrogen-bond donors (Lipinski definition) is 1.